The summed E-state index contributed by atoms with van der Waals surface area (Å²) in [6, 6.07) is 10.5. The molecule has 3 rings (SSSR count). The Morgan fingerprint density at radius 3 is 2.92 bits per heavy atom. The monoisotopic (exact) mass is 326 g/mol. The Bertz CT molecular complexity index is 692. The molecule has 0 saturated carbocycles. The molecule has 1 amide bonds. The van der Waals surface area contributed by atoms with Gasteiger partial charge in [-0.15, -0.1) is 0 Å². The van der Waals surface area contributed by atoms with Crippen LogP contribution in [0.15, 0.2) is 30.3 Å². The van der Waals surface area contributed by atoms with E-state index in [0.29, 0.717) is 18.2 Å². The first kappa shape index (κ1) is 16.7. The summed E-state index contributed by atoms with van der Waals surface area (Å²) in [6.07, 6.45) is 2.00. The van der Waals surface area contributed by atoms with Crippen molar-refractivity contribution in [2.45, 2.75) is 33.2 Å². The van der Waals surface area contributed by atoms with Gasteiger partial charge in [-0.3, -0.25) is 14.8 Å². The van der Waals surface area contributed by atoms with E-state index in [4.69, 9.17) is 0 Å². The van der Waals surface area contributed by atoms with E-state index < -0.39 is 0 Å². The number of fused-ring (bicyclic) bond motifs is 1. The molecule has 24 heavy (non-hydrogen) atoms. The summed E-state index contributed by atoms with van der Waals surface area (Å²) < 4.78 is 0. The van der Waals surface area contributed by atoms with Gasteiger partial charge in [0.05, 0.1) is 0 Å². The van der Waals surface area contributed by atoms with Crippen LogP contribution in [-0.4, -0.2) is 40.6 Å². The van der Waals surface area contributed by atoms with E-state index >= 15 is 0 Å². The van der Waals surface area contributed by atoms with Gasteiger partial charge in [0.1, 0.15) is 5.69 Å². The van der Waals surface area contributed by atoms with Gasteiger partial charge < -0.3 is 5.32 Å². The molecular weight excluding hydrogens is 300 g/mol. The van der Waals surface area contributed by atoms with Gasteiger partial charge in [0, 0.05) is 31.9 Å². The second-order valence-electron chi connectivity index (χ2n) is 6.93. The lowest BCUT2D eigenvalue weighted by atomic mass is 10.00. The van der Waals surface area contributed by atoms with Crippen LogP contribution in [0.5, 0.6) is 0 Å². The van der Waals surface area contributed by atoms with Crippen molar-refractivity contribution >= 4 is 5.91 Å². The molecule has 0 bridgehead atoms. The van der Waals surface area contributed by atoms with E-state index in [-0.39, 0.29) is 5.91 Å². The summed E-state index contributed by atoms with van der Waals surface area (Å²) >= 11 is 0. The average molecular weight is 326 g/mol. The van der Waals surface area contributed by atoms with Crippen molar-refractivity contribution in [2.75, 3.05) is 19.6 Å². The Morgan fingerprint density at radius 2 is 2.12 bits per heavy atom. The van der Waals surface area contributed by atoms with E-state index in [1.165, 1.54) is 11.1 Å². The standard InChI is InChI=1S/C19H26N4O/c1-14(2)11-17-12-18(22-21-17)19(24)20-8-10-23-9-7-15-5-3-4-6-16(15)13-23/h3-6,12,14H,7-11,13H2,1-2H3,(H,20,24)(H,21,22). The van der Waals surface area contributed by atoms with E-state index in [0.717, 1.165) is 38.2 Å². The SMILES string of the molecule is CC(C)Cc1cc(C(=O)NCCN2CCc3ccccc3C2)n[nH]1. The van der Waals surface area contributed by atoms with E-state index in [1.807, 2.05) is 6.07 Å². The number of aromatic amines is 1. The normalized spacial score (nSPS) is 14.6. The first-order valence-corrected chi connectivity index (χ1v) is 8.73. The molecule has 128 valence electrons. The molecule has 1 aromatic heterocycles. The molecule has 5 heteroatoms. The molecule has 1 aliphatic heterocycles. The maximum atomic E-state index is 12.2. The molecule has 2 aromatic rings. The van der Waals surface area contributed by atoms with E-state index in [1.54, 1.807) is 0 Å². The van der Waals surface area contributed by atoms with Crippen LogP contribution in [0.25, 0.3) is 0 Å². The molecule has 0 aliphatic carbocycles. The predicted molar refractivity (Wildman–Crippen MR) is 94.9 cm³/mol. The highest BCUT2D eigenvalue weighted by atomic mass is 16.1. The molecule has 0 spiro atoms. The Kier molecular flexibility index (Phi) is 5.30. The third-order valence-corrected chi connectivity index (χ3v) is 4.42. The highest BCUT2D eigenvalue weighted by Crippen LogP contribution is 2.17. The molecule has 2 N–H and O–H groups in total. The quantitative estimate of drug-likeness (QED) is 0.857. The summed E-state index contributed by atoms with van der Waals surface area (Å²) in [5, 5.41) is 10.0. The zero-order valence-corrected chi connectivity index (χ0v) is 14.5. The van der Waals surface area contributed by atoms with Crippen molar-refractivity contribution in [1.82, 2.24) is 20.4 Å². The second kappa shape index (κ2) is 7.62. The van der Waals surface area contributed by atoms with Gasteiger partial charge in [0.15, 0.2) is 0 Å². The average Bonchev–Trinajstić information content (AvgIpc) is 3.02. The van der Waals surface area contributed by atoms with E-state index in [9.17, 15) is 4.79 Å². The Labute approximate surface area is 143 Å². The fraction of sp³-hybridized carbons (Fsp3) is 0.474. The molecule has 1 aliphatic rings. The molecule has 0 fully saturated rings. The number of aromatic nitrogens is 2. The molecule has 2 heterocycles. The van der Waals surface area contributed by atoms with Crippen LogP contribution >= 0.6 is 0 Å². The number of hydrogen-bond acceptors (Lipinski definition) is 3. The van der Waals surface area contributed by atoms with Crippen LogP contribution in [0, 0.1) is 5.92 Å². The molecular formula is C19H26N4O. The zero-order chi connectivity index (χ0) is 16.9. The predicted octanol–water partition coefficient (Wildman–Crippen LogP) is 2.40. The van der Waals surface area contributed by atoms with Crippen LogP contribution in [-0.2, 0) is 19.4 Å². The number of rotatable bonds is 6. The summed E-state index contributed by atoms with van der Waals surface area (Å²) in [5.74, 6) is 0.446. The van der Waals surface area contributed by atoms with Gasteiger partial charge in [0.25, 0.3) is 5.91 Å². The third-order valence-electron chi connectivity index (χ3n) is 4.42. The lowest BCUT2D eigenvalue weighted by molar-refractivity contribution is 0.0942. The van der Waals surface area contributed by atoms with Gasteiger partial charge in [0.2, 0.25) is 0 Å². The summed E-state index contributed by atoms with van der Waals surface area (Å²) in [6.45, 7) is 7.83. The number of nitrogens with zero attached hydrogens (tertiary/aromatic N) is 2. The number of H-pyrrole nitrogens is 1. The largest absolute Gasteiger partial charge is 0.349 e. The number of hydrogen-bond donors (Lipinski definition) is 2. The highest BCUT2D eigenvalue weighted by Gasteiger charge is 2.16. The summed E-state index contributed by atoms with van der Waals surface area (Å²) in [7, 11) is 0. The lowest BCUT2D eigenvalue weighted by Gasteiger charge is -2.28. The van der Waals surface area contributed by atoms with Crippen LogP contribution in [0.1, 0.15) is 41.2 Å². The zero-order valence-electron chi connectivity index (χ0n) is 14.5. The minimum absolute atomic E-state index is 0.0985. The van der Waals surface area contributed by atoms with Gasteiger partial charge in [-0.25, -0.2) is 0 Å². The number of carbonyl (C=O) groups is 1. The molecule has 0 radical (unpaired) electrons. The molecule has 0 atom stereocenters. The molecule has 5 nitrogen and oxygen atoms in total. The van der Waals surface area contributed by atoms with Crippen LogP contribution in [0.4, 0.5) is 0 Å². The van der Waals surface area contributed by atoms with Gasteiger partial charge in [-0.2, -0.15) is 5.10 Å². The number of nitrogens with one attached hydrogen (secondary N) is 2. The minimum Gasteiger partial charge on any atom is -0.349 e. The van der Waals surface area contributed by atoms with Crippen molar-refractivity contribution in [3.63, 3.8) is 0 Å². The van der Waals surface area contributed by atoms with Gasteiger partial charge in [-0.1, -0.05) is 38.1 Å². The Morgan fingerprint density at radius 1 is 1.33 bits per heavy atom. The van der Waals surface area contributed by atoms with Crippen molar-refractivity contribution in [3.05, 3.63) is 52.8 Å². The minimum atomic E-state index is -0.0985. The molecule has 0 saturated heterocycles. The van der Waals surface area contributed by atoms with Gasteiger partial charge in [-0.05, 0) is 36.0 Å². The third kappa shape index (κ3) is 4.23. The fourth-order valence-corrected chi connectivity index (χ4v) is 3.19. The number of benzene rings is 1. The maximum Gasteiger partial charge on any atom is 0.271 e. The Hall–Kier alpha value is -2.14. The number of amides is 1. The summed E-state index contributed by atoms with van der Waals surface area (Å²) in [5.41, 5.74) is 4.35. The topological polar surface area (TPSA) is 61.0 Å². The van der Waals surface area contributed by atoms with Crippen LogP contribution < -0.4 is 5.32 Å². The molecule has 1 aromatic carbocycles. The maximum absolute atomic E-state index is 12.2. The first-order valence-electron chi connectivity index (χ1n) is 8.73. The van der Waals surface area contributed by atoms with E-state index in [2.05, 4.69) is 58.5 Å². The smallest absolute Gasteiger partial charge is 0.271 e. The Balaban J connectivity index is 1.45. The van der Waals surface area contributed by atoms with Crippen LogP contribution in [0.3, 0.4) is 0 Å². The lowest BCUT2D eigenvalue weighted by Crippen LogP contribution is -2.37. The van der Waals surface area contributed by atoms with Crippen molar-refractivity contribution in [1.29, 1.82) is 0 Å². The highest BCUT2D eigenvalue weighted by molar-refractivity contribution is 5.92. The van der Waals surface area contributed by atoms with Crippen molar-refractivity contribution < 1.29 is 4.79 Å². The fourth-order valence-electron chi connectivity index (χ4n) is 3.19. The summed E-state index contributed by atoms with van der Waals surface area (Å²) in [4.78, 5) is 14.6. The molecule has 0 unspecified atom stereocenters. The van der Waals surface area contributed by atoms with Gasteiger partial charge >= 0.3 is 0 Å². The first-order chi connectivity index (χ1) is 11.6. The van der Waals surface area contributed by atoms with Crippen molar-refractivity contribution in [3.8, 4) is 0 Å². The second-order valence-corrected chi connectivity index (χ2v) is 6.93. The van der Waals surface area contributed by atoms with Crippen LogP contribution in [0.2, 0.25) is 0 Å². The number of carbonyl (C=O) groups excluding carboxylic acids is 1. The van der Waals surface area contributed by atoms with Crippen molar-refractivity contribution in [2.24, 2.45) is 5.92 Å².